The highest BCUT2D eigenvalue weighted by Gasteiger charge is 2.21. The van der Waals surface area contributed by atoms with Crippen molar-refractivity contribution in [3.63, 3.8) is 0 Å². The quantitative estimate of drug-likeness (QED) is 0.558. The van der Waals surface area contributed by atoms with E-state index >= 15 is 0 Å². The van der Waals surface area contributed by atoms with Crippen LogP contribution in [0.15, 0.2) is 40.8 Å². The van der Waals surface area contributed by atoms with Crippen LogP contribution in [0, 0.1) is 0 Å². The Bertz CT molecular complexity index is 699. The molecule has 0 radical (unpaired) electrons. The van der Waals surface area contributed by atoms with Gasteiger partial charge >= 0.3 is 0 Å². The van der Waals surface area contributed by atoms with E-state index < -0.39 is 0 Å². The first kappa shape index (κ1) is 12.7. The first-order valence-electron chi connectivity index (χ1n) is 6.25. The Kier molecular flexibility index (Phi) is 3.17. The normalized spacial score (nSPS) is 12.8. The highest BCUT2D eigenvalue weighted by Crippen LogP contribution is 2.28. The Labute approximate surface area is 116 Å². The number of benzene rings is 1. The zero-order valence-corrected chi connectivity index (χ0v) is 11.3. The number of furan rings is 1. The number of nitrogens with one attached hydrogen (secondary N) is 1. The number of aromatic nitrogens is 2. The van der Waals surface area contributed by atoms with Gasteiger partial charge in [0.2, 0.25) is 5.88 Å². The summed E-state index contributed by atoms with van der Waals surface area (Å²) in [4.78, 5) is 0. The average Bonchev–Trinajstić information content (AvgIpc) is 3.03. The maximum Gasteiger partial charge on any atom is 0.211 e. The number of para-hydroxylation sites is 1. The highest BCUT2D eigenvalue weighted by molar-refractivity contribution is 5.77. The average molecular weight is 272 g/mol. The fraction of sp³-hybridized carbons (Fsp3) is 0.214. The zero-order valence-electron chi connectivity index (χ0n) is 11.3. The van der Waals surface area contributed by atoms with Crippen LogP contribution in [0.1, 0.15) is 17.5 Å². The molecule has 0 aliphatic carbocycles. The van der Waals surface area contributed by atoms with E-state index in [1.165, 1.54) is 0 Å². The molecule has 1 unspecified atom stereocenters. The van der Waals surface area contributed by atoms with Gasteiger partial charge in [-0.15, -0.1) is 0 Å². The number of hydrogen-bond donors (Lipinski definition) is 2. The summed E-state index contributed by atoms with van der Waals surface area (Å²) in [5.41, 5.74) is 4.30. The van der Waals surface area contributed by atoms with Crippen LogP contribution in [0.4, 0.5) is 0 Å². The SMILES string of the molecule is COc1cc(C(NN)c2cc3ccccc3o2)nn1C. The van der Waals surface area contributed by atoms with Crippen molar-refractivity contribution in [2.75, 3.05) is 7.11 Å². The van der Waals surface area contributed by atoms with Gasteiger partial charge in [-0.2, -0.15) is 5.10 Å². The Morgan fingerprint density at radius 2 is 2.15 bits per heavy atom. The molecule has 0 aliphatic rings. The van der Waals surface area contributed by atoms with Gasteiger partial charge in [0.1, 0.15) is 17.4 Å². The number of hydrogen-bond acceptors (Lipinski definition) is 5. The maximum absolute atomic E-state index is 5.83. The van der Waals surface area contributed by atoms with Gasteiger partial charge in [0, 0.05) is 18.5 Å². The van der Waals surface area contributed by atoms with E-state index in [0.29, 0.717) is 5.88 Å². The van der Waals surface area contributed by atoms with E-state index in [2.05, 4.69) is 10.5 Å². The molecule has 0 amide bonds. The molecule has 104 valence electrons. The van der Waals surface area contributed by atoms with E-state index in [9.17, 15) is 0 Å². The van der Waals surface area contributed by atoms with Crippen LogP contribution in [0.3, 0.4) is 0 Å². The van der Waals surface area contributed by atoms with Crippen LogP contribution in [0.25, 0.3) is 11.0 Å². The molecular weight excluding hydrogens is 256 g/mol. The second-order valence-electron chi connectivity index (χ2n) is 4.52. The van der Waals surface area contributed by atoms with Gasteiger partial charge in [-0.25, -0.2) is 10.1 Å². The lowest BCUT2D eigenvalue weighted by Gasteiger charge is -2.09. The third-order valence-corrected chi connectivity index (χ3v) is 3.26. The summed E-state index contributed by atoms with van der Waals surface area (Å²) < 4.78 is 12.7. The molecule has 0 saturated carbocycles. The van der Waals surface area contributed by atoms with E-state index in [1.807, 2.05) is 43.4 Å². The molecule has 0 fully saturated rings. The molecule has 1 aromatic carbocycles. The standard InChI is InChI=1S/C14H16N4O2/c1-18-13(19-2)8-10(17-18)14(16-15)12-7-9-5-3-4-6-11(9)20-12/h3-8,14,16H,15H2,1-2H3. The molecule has 20 heavy (non-hydrogen) atoms. The van der Waals surface area contributed by atoms with Crippen molar-refractivity contribution in [3.05, 3.63) is 47.9 Å². The number of rotatable bonds is 4. The monoisotopic (exact) mass is 272 g/mol. The minimum Gasteiger partial charge on any atom is -0.481 e. The van der Waals surface area contributed by atoms with Gasteiger partial charge in [0.15, 0.2) is 0 Å². The highest BCUT2D eigenvalue weighted by atomic mass is 16.5. The lowest BCUT2D eigenvalue weighted by Crippen LogP contribution is -2.28. The van der Waals surface area contributed by atoms with Crippen molar-refractivity contribution in [3.8, 4) is 5.88 Å². The van der Waals surface area contributed by atoms with Crippen molar-refractivity contribution < 1.29 is 9.15 Å². The summed E-state index contributed by atoms with van der Waals surface area (Å²) in [5.74, 6) is 7.04. The van der Waals surface area contributed by atoms with Gasteiger partial charge in [-0.1, -0.05) is 18.2 Å². The maximum atomic E-state index is 5.83. The summed E-state index contributed by atoms with van der Waals surface area (Å²) in [7, 11) is 3.42. The van der Waals surface area contributed by atoms with Crippen LogP contribution < -0.4 is 16.0 Å². The third-order valence-electron chi connectivity index (χ3n) is 3.26. The predicted octanol–water partition coefficient (Wildman–Crippen LogP) is 1.73. The Morgan fingerprint density at radius 3 is 2.80 bits per heavy atom. The molecule has 3 rings (SSSR count). The lowest BCUT2D eigenvalue weighted by molar-refractivity contribution is 0.373. The van der Waals surface area contributed by atoms with E-state index in [4.69, 9.17) is 15.0 Å². The van der Waals surface area contributed by atoms with E-state index in [1.54, 1.807) is 11.8 Å². The summed E-state index contributed by atoms with van der Waals surface area (Å²) in [5, 5.41) is 5.42. The summed E-state index contributed by atoms with van der Waals surface area (Å²) in [6.45, 7) is 0. The van der Waals surface area contributed by atoms with Crippen LogP contribution in [0.5, 0.6) is 5.88 Å². The Hall–Kier alpha value is -2.31. The molecular formula is C14H16N4O2. The Balaban J connectivity index is 2.03. The molecule has 6 nitrogen and oxygen atoms in total. The Morgan fingerprint density at radius 1 is 1.35 bits per heavy atom. The number of methoxy groups -OCH3 is 1. The number of hydrazine groups is 1. The molecule has 6 heteroatoms. The van der Waals surface area contributed by atoms with Gasteiger partial charge in [0.25, 0.3) is 0 Å². The summed E-state index contributed by atoms with van der Waals surface area (Å²) in [6.07, 6.45) is 0. The second-order valence-corrected chi connectivity index (χ2v) is 4.52. The van der Waals surface area contributed by atoms with Crippen molar-refractivity contribution in [1.82, 2.24) is 15.2 Å². The minimum absolute atomic E-state index is 0.322. The number of fused-ring (bicyclic) bond motifs is 1. The van der Waals surface area contributed by atoms with E-state index in [-0.39, 0.29) is 6.04 Å². The van der Waals surface area contributed by atoms with Gasteiger partial charge in [-0.3, -0.25) is 5.84 Å². The van der Waals surface area contributed by atoms with Crippen molar-refractivity contribution in [2.24, 2.45) is 12.9 Å². The smallest absolute Gasteiger partial charge is 0.211 e. The largest absolute Gasteiger partial charge is 0.481 e. The summed E-state index contributed by atoms with van der Waals surface area (Å²) >= 11 is 0. The first-order chi connectivity index (χ1) is 9.72. The lowest BCUT2D eigenvalue weighted by atomic mass is 10.1. The van der Waals surface area contributed by atoms with Crippen molar-refractivity contribution in [2.45, 2.75) is 6.04 Å². The fourth-order valence-electron chi connectivity index (χ4n) is 2.26. The van der Waals surface area contributed by atoms with Gasteiger partial charge < -0.3 is 9.15 Å². The molecule has 0 aliphatic heterocycles. The molecule has 3 aromatic rings. The van der Waals surface area contributed by atoms with Crippen molar-refractivity contribution >= 4 is 11.0 Å². The fourth-order valence-corrected chi connectivity index (χ4v) is 2.26. The molecule has 2 aromatic heterocycles. The third kappa shape index (κ3) is 2.04. The minimum atomic E-state index is -0.322. The predicted molar refractivity (Wildman–Crippen MR) is 75.1 cm³/mol. The first-order valence-corrected chi connectivity index (χ1v) is 6.25. The zero-order chi connectivity index (χ0) is 14.1. The molecule has 2 heterocycles. The molecule has 3 N–H and O–H groups in total. The van der Waals surface area contributed by atoms with Crippen LogP contribution in [-0.2, 0) is 7.05 Å². The topological polar surface area (TPSA) is 78.2 Å². The second kappa shape index (κ2) is 4.99. The van der Waals surface area contributed by atoms with Gasteiger partial charge in [0.05, 0.1) is 12.8 Å². The molecule has 0 spiro atoms. The number of nitrogens with two attached hydrogens (primary N) is 1. The van der Waals surface area contributed by atoms with Gasteiger partial charge in [-0.05, 0) is 12.1 Å². The van der Waals surface area contributed by atoms with E-state index in [0.717, 1.165) is 22.4 Å². The number of nitrogens with zero attached hydrogens (tertiary/aromatic N) is 2. The van der Waals surface area contributed by atoms with Crippen LogP contribution in [-0.4, -0.2) is 16.9 Å². The van der Waals surface area contributed by atoms with Crippen LogP contribution in [0.2, 0.25) is 0 Å². The molecule has 0 bridgehead atoms. The number of ether oxygens (including phenoxy) is 1. The number of aryl methyl sites for hydroxylation is 1. The van der Waals surface area contributed by atoms with Crippen molar-refractivity contribution in [1.29, 1.82) is 0 Å². The molecule has 1 atom stereocenters. The summed E-state index contributed by atoms with van der Waals surface area (Å²) in [6, 6.07) is 11.3. The molecule has 0 saturated heterocycles. The van der Waals surface area contributed by atoms with Crippen LogP contribution >= 0.6 is 0 Å².